The number of anilines is 1. The molecule has 0 radical (unpaired) electrons. The zero-order chi connectivity index (χ0) is 21.6. The van der Waals surface area contributed by atoms with E-state index in [1.165, 1.54) is 0 Å². The first-order chi connectivity index (χ1) is 14.4. The molecule has 3 aromatic rings. The monoisotopic (exact) mass is 419 g/mol. The number of guanidine groups is 1. The van der Waals surface area contributed by atoms with Gasteiger partial charge in [0.2, 0.25) is 22.0 Å². The number of hydrogen-bond donors (Lipinski definition) is 2. The summed E-state index contributed by atoms with van der Waals surface area (Å²) in [6.45, 7) is 4.07. The van der Waals surface area contributed by atoms with Crippen LogP contribution in [0.4, 0.5) is 5.69 Å². The van der Waals surface area contributed by atoms with Crippen LogP contribution in [0.5, 0.6) is 0 Å². The second-order valence-corrected chi connectivity index (χ2v) is 8.54. The van der Waals surface area contributed by atoms with E-state index in [2.05, 4.69) is 20.6 Å². The first-order valence-corrected chi connectivity index (χ1v) is 10.7. The molecular formula is C22H21N5O2S. The maximum Gasteiger partial charge on any atom is 0.212 e. The Morgan fingerprint density at radius 2 is 1.77 bits per heavy atom. The Balaban J connectivity index is 1.73. The topological polar surface area (TPSA) is 107 Å². The Morgan fingerprint density at radius 3 is 2.43 bits per heavy atom. The van der Waals surface area contributed by atoms with Crippen molar-refractivity contribution in [1.82, 2.24) is 10.3 Å². The van der Waals surface area contributed by atoms with E-state index < -0.39 is 9.84 Å². The van der Waals surface area contributed by atoms with Gasteiger partial charge in [0.05, 0.1) is 9.79 Å². The molecule has 0 saturated carbocycles. The highest BCUT2D eigenvalue weighted by Crippen LogP contribution is 2.25. The summed E-state index contributed by atoms with van der Waals surface area (Å²) in [6, 6.07) is 15.4. The van der Waals surface area contributed by atoms with Crippen molar-refractivity contribution in [2.24, 2.45) is 4.99 Å². The molecule has 0 spiro atoms. The number of aryl methyl sites for hydroxylation is 1. The number of nitrogens with zero attached hydrogens (tertiary/aromatic N) is 3. The van der Waals surface area contributed by atoms with Crippen molar-refractivity contribution in [3.63, 3.8) is 0 Å². The molecule has 0 aliphatic heterocycles. The van der Waals surface area contributed by atoms with Gasteiger partial charge in [-0.15, -0.1) is 4.99 Å². The van der Waals surface area contributed by atoms with Crippen molar-refractivity contribution in [1.29, 1.82) is 5.26 Å². The lowest BCUT2D eigenvalue weighted by Gasteiger charge is -2.12. The van der Waals surface area contributed by atoms with Crippen molar-refractivity contribution < 1.29 is 8.42 Å². The molecular weight excluding hydrogens is 398 g/mol. The van der Waals surface area contributed by atoms with Crippen LogP contribution in [0.25, 0.3) is 0 Å². The van der Waals surface area contributed by atoms with E-state index in [1.54, 1.807) is 67.1 Å². The SMILES string of the molecule is Cc1cccc(S(=O)(=O)c2ccc(CNC(=NC#N)Nc3ccncc3)cc2)c1C. The first-order valence-electron chi connectivity index (χ1n) is 9.20. The minimum absolute atomic E-state index is 0.237. The Bertz CT molecular complexity index is 1200. The molecule has 8 heteroatoms. The molecule has 2 aromatic carbocycles. The summed E-state index contributed by atoms with van der Waals surface area (Å²) < 4.78 is 26.0. The van der Waals surface area contributed by atoms with Crippen LogP contribution in [0.1, 0.15) is 16.7 Å². The minimum Gasteiger partial charge on any atom is -0.351 e. The van der Waals surface area contributed by atoms with E-state index >= 15 is 0 Å². The van der Waals surface area contributed by atoms with E-state index in [4.69, 9.17) is 5.26 Å². The maximum absolute atomic E-state index is 13.0. The molecule has 0 bridgehead atoms. The van der Waals surface area contributed by atoms with Crippen molar-refractivity contribution >= 4 is 21.5 Å². The molecule has 0 aliphatic rings. The second-order valence-electron chi connectivity index (χ2n) is 6.62. The van der Waals surface area contributed by atoms with Crippen molar-refractivity contribution in [2.45, 2.75) is 30.2 Å². The fourth-order valence-electron chi connectivity index (χ4n) is 2.85. The second kappa shape index (κ2) is 9.20. The Morgan fingerprint density at radius 1 is 1.07 bits per heavy atom. The summed E-state index contributed by atoms with van der Waals surface area (Å²) in [5.74, 6) is 0.288. The number of pyridine rings is 1. The van der Waals surface area contributed by atoms with Crippen LogP contribution < -0.4 is 10.6 Å². The van der Waals surface area contributed by atoms with Crippen LogP contribution >= 0.6 is 0 Å². The lowest BCUT2D eigenvalue weighted by molar-refractivity contribution is 0.595. The Labute approximate surface area is 176 Å². The van der Waals surface area contributed by atoms with Crippen molar-refractivity contribution in [3.05, 3.63) is 83.7 Å². The summed E-state index contributed by atoms with van der Waals surface area (Å²) in [5, 5.41) is 14.9. The number of aliphatic imine (C=N–C) groups is 1. The van der Waals surface area contributed by atoms with E-state index in [1.807, 2.05) is 19.9 Å². The molecule has 1 heterocycles. The van der Waals surface area contributed by atoms with Gasteiger partial charge in [0.15, 0.2) is 0 Å². The van der Waals surface area contributed by atoms with Crippen LogP contribution in [0, 0.1) is 25.3 Å². The standard InChI is InChI=1S/C22H21N5O2S/c1-16-4-3-5-21(17(16)2)30(28,29)20-8-6-18(7-9-20)14-25-22(26-15-23)27-19-10-12-24-13-11-19/h3-13H,14H2,1-2H3,(H2,24,25,26,27). The molecule has 0 unspecified atom stereocenters. The lowest BCUT2D eigenvalue weighted by Crippen LogP contribution is -2.30. The highest BCUT2D eigenvalue weighted by Gasteiger charge is 2.20. The van der Waals surface area contributed by atoms with Gasteiger partial charge in [-0.25, -0.2) is 8.42 Å². The Kier molecular flexibility index (Phi) is 6.45. The first kappa shape index (κ1) is 21.0. The zero-order valence-corrected chi connectivity index (χ0v) is 17.4. The van der Waals surface area contributed by atoms with Gasteiger partial charge in [0, 0.05) is 24.6 Å². The fourth-order valence-corrected chi connectivity index (χ4v) is 4.42. The predicted molar refractivity (Wildman–Crippen MR) is 116 cm³/mol. The summed E-state index contributed by atoms with van der Waals surface area (Å²) >= 11 is 0. The number of hydrogen-bond acceptors (Lipinski definition) is 5. The smallest absolute Gasteiger partial charge is 0.212 e. The van der Waals surface area contributed by atoms with E-state index in [-0.39, 0.29) is 10.9 Å². The van der Waals surface area contributed by atoms with Gasteiger partial charge in [-0.1, -0.05) is 24.3 Å². The average Bonchev–Trinajstić information content (AvgIpc) is 2.75. The summed E-state index contributed by atoms with van der Waals surface area (Å²) in [5.41, 5.74) is 3.27. The molecule has 0 amide bonds. The van der Waals surface area contributed by atoms with Gasteiger partial charge in [-0.05, 0) is 60.9 Å². The minimum atomic E-state index is -3.59. The van der Waals surface area contributed by atoms with Gasteiger partial charge < -0.3 is 10.6 Å². The summed E-state index contributed by atoms with van der Waals surface area (Å²) in [7, 11) is -3.59. The highest BCUT2D eigenvalue weighted by atomic mass is 32.2. The quantitative estimate of drug-likeness (QED) is 0.372. The van der Waals surface area contributed by atoms with E-state index in [0.29, 0.717) is 11.4 Å². The van der Waals surface area contributed by atoms with Crippen LogP contribution in [-0.4, -0.2) is 19.4 Å². The molecule has 2 N–H and O–H groups in total. The molecule has 0 aliphatic carbocycles. The number of nitrogens with one attached hydrogen (secondary N) is 2. The number of sulfone groups is 1. The van der Waals surface area contributed by atoms with Gasteiger partial charge in [0.25, 0.3) is 0 Å². The van der Waals surface area contributed by atoms with Crippen LogP contribution in [0.3, 0.4) is 0 Å². The summed E-state index contributed by atoms with van der Waals surface area (Å²) in [4.78, 5) is 8.23. The number of rotatable bonds is 5. The molecule has 0 fully saturated rings. The van der Waals surface area contributed by atoms with Gasteiger partial charge in [0.1, 0.15) is 0 Å². The van der Waals surface area contributed by atoms with E-state index in [0.717, 1.165) is 22.4 Å². The molecule has 152 valence electrons. The Hall–Kier alpha value is -3.70. The van der Waals surface area contributed by atoms with Gasteiger partial charge in [-0.3, -0.25) is 4.98 Å². The van der Waals surface area contributed by atoms with Crippen LogP contribution in [0.2, 0.25) is 0 Å². The number of nitriles is 1. The van der Waals surface area contributed by atoms with Crippen LogP contribution in [0.15, 0.2) is 81.8 Å². The number of aromatic nitrogens is 1. The van der Waals surface area contributed by atoms with Crippen molar-refractivity contribution in [2.75, 3.05) is 5.32 Å². The predicted octanol–water partition coefficient (Wildman–Crippen LogP) is 3.57. The fraction of sp³-hybridized carbons (Fsp3) is 0.136. The van der Waals surface area contributed by atoms with Gasteiger partial charge in [-0.2, -0.15) is 5.26 Å². The van der Waals surface area contributed by atoms with Gasteiger partial charge >= 0.3 is 0 Å². The normalized spacial score (nSPS) is 11.6. The van der Waals surface area contributed by atoms with Crippen LogP contribution in [-0.2, 0) is 16.4 Å². The molecule has 30 heavy (non-hydrogen) atoms. The third-order valence-electron chi connectivity index (χ3n) is 4.64. The molecule has 7 nitrogen and oxygen atoms in total. The number of benzene rings is 2. The summed E-state index contributed by atoms with van der Waals surface area (Å²) in [6.07, 6.45) is 5.00. The molecule has 0 saturated heterocycles. The third-order valence-corrected chi connectivity index (χ3v) is 6.56. The molecule has 0 atom stereocenters. The maximum atomic E-state index is 13.0. The van der Waals surface area contributed by atoms with Crippen molar-refractivity contribution in [3.8, 4) is 6.19 Å². The average molecular weight is 420 g/mol. The highest BCUT2D eigenvalue weighted by molar-refractivity contribution is 7.91. The largest absolute Gasteiger partial charge is 0.351 e. The third kappa shape index (κ3) is 4.82. The molecule has 3 rings (SSSR count). The van der Waals surface area contributed by atoms with E-state index in [9.17, 15) is 8.42 Å². The molecule has 1 aromatic heterocycles. The zero-order valence-electron chi connectivity index (χ0n) is 16.6. The lowest BCUT2D eigenvalue weighted by atomic mass is 10.1.